The van der Waals surface area contributed by atoms with E-state index in [-0.39, 0.29) is 22.3 Å². The van der Waals surface area contributed by atoms with E-state index >= 15 is 0 Å². The van der Waals surface area contributed by atoms with Gasteiger partial charge in [-0.05, 0) is 11.6 Å². The molecule has 0 saturated carbocycles. The molecule has 0 amide bonds. The molecule has 5 N–H and O–H groups in total. The van der Waals surface area contributed by atoms with Crippen LogP contribution in [0.4, 0.5) is 5.82 Å². The van der Waals surface area contributed by atoms with E-state index in [1.54, 1.807) is 6.07 Å². The lowest BCUT2D eigenvalue weighted by Crippen LogP contribution is -2.47. The Hall–Kier alpha value is -2.03. The van der Waals surface area contributed by atoms with Crippen molar-refractivity contribution in [3.05, 3.63) is 11.6 Å². The number of nitrogen functional groups attached to an aromatic ring is 1. The van der Waals surface area contributed by atoms with Crippen LogP contribution in [0.1, 0.15) is 6.23 Å². The first-order valence-electron chi connectivity index (χ1n) is 6.16. The zero-order valence-corrected chi connectivity index (χ0v) is 11.7. The van der Waals surface area contributed by atoms with E-state index in [2.05, 4.69) is 15.0 Å². The molecule has 2 aromatic heterocycles. The van der Waals surface area contributed by atoms with Crippen LogP contribution in [0.2, 0.25) is 5.28 Å². The molecular formula is C11H11ClN6O4. The molecule has 0 aliphatic carbocycles. The van der Waals surface area contributed by atoms with Crippen molar-refractivity contribution in [2.45, 2.75) is 24.0 Å². The highest BCUT2D eigenvalue weighted by molar-refractivity contribution is 6.28. The zero-order chi connectivity index (χ0) is 16.1. The summed E-state index contributed by atoms with van der Waals surface area (Å²) in [7, 11) is 0. The standard InChI is InChI=1S/C11H11ClN6O4/c12-10-16-7(14)5-8(17-10)18(3-15-5)9-6(20)11(21,2-13)4(1-19)22-9/h3-4,6,9,19-21H,1H2,(H2,14,16,17)/t4-,6+,9-,11-/m1/s1. The Labute approximate surface area is 128 Å². The highest BCUT2D eigenvalue weighted by Crippen LogP contribution is 2.38. The lowest BCUT2D eigenvalue weighted by atomic mass is 9.94. The summed E-state index contributed by atoms with van der Waals surface area (Å²) >= 11 is 5.75. The van der Waals surface area contributed by atoms with Crippen LogP contribution in [0, 0.1) is 11.3 Å². The third-order valence-electron chi connectivity index (χ3n) is 3.56. The maximum Gasteiger partial charge on any atom is 0.226 e. The number of nitrogens with two attached hydrogens (primary N) is 1. The molecule has 1 fully saturated rings. The van der Waals surface area contributed by atoms with Crippen LogP contribution in [-0.4, -0.2) is 59.3 Å². The normalized spacial score (nSPS) is 31.5. The molecule has 2 aromatic rings. The molecule has 1 aliphatic heterocycles. The molecule has 1 saturated heterocycles. The number of imidazole rings is 1. The van der Waals surface area contributed by atoms with Gasteiger partial charge in [0.05, 0.1) is 12.9 Å². The third-order valence-corrected chi connectivity index (χ3v) is 3.72. The van der Waals surface area contributed by atoms with Gasteiger partial charge in [0.2, 0.25) is 10.9 Å². The van der Waals surface area contributed by atoms with Crippen molar-refractivity contribution in [3.8, 4) is 6.07 Å². The minimum atomic E-state index is -2.27. The second kappa shape index (κ2) is 5.01. The zero-order valence-electron chi connectivity index (χ0n) is 11.0. The van der Waals surface area contributed by atoms with Gasteiger partial charge in [-0.1, -0.05) is 0 Å². The number of nitrogens with zero attached hydrogens (tertiary/aromatic N) is 5. The molecule has 116 valence electrons. The van der Waals surface area contributed by atoms with Crippen molar-refractivity contribution in [1.29, 1.82) is 5.26 Å². The monoisotopic (exact) mass is 326 g/mol. The van der Waals surface area contributed by atoms with Gasteiger partial charge in [0.1, 0.15) is 23.8 Å². The van der Waals surface area contributed by atoms with Crippen molar-refractivity contribution in [2.24, 2.45) is 0 Å². The summed E-state index contributed by atoms with van der Waals surface area (Å²) in [6.45, 7) is -0.651. The van der Waals surface area contributed by atoms with Crippen LogP contribution in [-0.2, 0) is 4.74 Å². The molecule has 3 rings (SSSR count). The SMILES string of the molecule is N#C[C@@]1(O)[C@@H](CO)O[C@@H](n2cnc3c(N)nc(Cl)nc32)[C@@H]1O. The molecule has 0 unspecified atom stereocenters. The van der Waals surface area contributed by atoms with E-state index in [0.717, 1.165) is 0 Å². The molecule has 0 spiro atoms. The number of aliphatic hydroxyl groups excluding tert-OH is 2. The summed E-state index contributed by atoms with van der Waals surface area (Å²) in [4.78, 5) is 11.7. The fourth-order valence-electron chi connectivity index (χ4n) is 2.39. The van der Waals surface area contributed by atoms with Crippen molar-refractivity contribution in [3.63, 3.8) is 0 Å². The number of fused-ring (bicyclic) bond motifs is 1. The van der Waals surface area contributed by atoms with Crippen LogP contribution < -0.4 is 5.73 Å². The molecule has 4 atom stereocenters. The van der Waals surface area contributed by atoms with E-state index in [4.69, 9.17) is 27.3 Å². The highest BCUT2D eigenvalue weighted by atomic mass is 35.5. The Kier molecular flexibility index (Phi) is 3.39. The maximum atomic E-state index is 10.2. The predicted molar refractivity (Wildman–Crippen MR) is 72.3 cm³/mol. The first-order chi connectivity index (χ1) is 10.4. The Morgan fingerprint density at radius 1 is 1.55 bits per heavy atom. The highest BCUT2D eigenvalue weighted by Gasteiger charge is 2.56. The van der Waals surface area contributed by atoms with Crippen molar-refractivity contribution in [1.82, 2.24) is 19.5 Å². The lowest BCUT2D eigenvalue weighted by molar-refractivity contribution is -0.0612. The number of aromatic nitrogens is 4. The molecular weight excluding hydrogens is 316 g/mol. The Bertz CT molecular complexity index is 776. The van der Waals surface area contributed by atoms with E-state index < -0.39 is 30.6 Å². The smallest absolute Gasteiger partial charge is 0.226 e. The average Bonchev–Trinajstić information content (AvgIpc) is 3.00. The predicted octanol–water partition coefficient (Wildman–Crippen LogP) is -1.43. The number of nitriles is 1. The first kappa shape index (κ1) is 14.9. The van der Waals surface area contributed by atoms with Gasteiger partial charge in [-0.3, -0.25) is 4.57 Å². The number of aliphatic hydroxyl groups is 3. The largest absolute Gasteiger partial charge is 0.394 e. The Balaban J connectivity index is 2.11. The van der Waals surface area contributed by atoms with E-state index in [9.17, 15) is 15.3 Å². The van der Waals surface area contributed by atoms with Gasteiger partial charge in [-0.2, -0.15) is 15.2 Å². The average molecular weight is 327 g/mol. The summed E-state index contributed by atoms with van der Waals surface area (Å²) in [5, 5.41) is 38.5. The maximum absolute atomic E-state index is 10.2. The van der Waals surface area contributed by atoms with Crippen molar-refractivity contribution in [2.75, 3.05) is 12.3 Å². The first-order valence-corrected chi connectivity index (χ1v) is 6.53. The van der Waals surface area contributed by atoms with Crippen LogP contribution in [0.5, 0.6) is 0 Å². The fourth-order valence-corrected chi connectivity index (χ4v) is 2.56. The summed E-state index contributed by atoms with van der Waals surface area (Å²) in [6, 6.07) is 1.56. The molecule has 0 bridgehead atoms. The molecule has 11 heteroatoms. The van der Waals surface area contributed by atoms with Crippen LogP contribution in [0.15, 0.2) is 6.33 Å². The van der Waals surface area contributed by atoms with Gasteiger partial charge in [0.25, 0.3) is 0 Å². The second-order valence-electron chi connectivity index (χ2n) is 4.78. The molecule has 3 heterocycles. The van der Waals surface area contributed by atoms with Crippen LogP contribution in [0.3, 0.4) is 0 Å². The van der Waals surface area contributed by atoms with E-state index in [0.29, 0.717) is 0 Å². The van der Waals surface area contributed by atoms with Gasteiger partial charge in [-0.15, -0.1) is 0 Å². The summed E-state index contributed by atoms with van der Waals surface area (Å²) in [5.74, 6) is 0.0375. The van der Waals surface area contributed by atoms with E-state index in [1.165, 1.54) is 10.9 Å². The quantitative estimate of drug-likeness (QED) is 0.382. The van der Waals surface area contributed by atoms with Crippen molar-refractivity contribution >= 4 is 28.6 Å². The fraction of sp³-hybridized carbons (Fsp3) is 0.455. The summed E-state index contributed by atoms with van der Waals surface area (Å²) < 4.78 is 6.63. The third kappa shape index (κ3) is 1.92. The number of anilines is 1. The molecule has 10 nitrogen and oxygen atoms in total. The minimum absolute atomic E-state index is 0.0375. The van der Waals surface area contributed by atoms with Gasteiger partial charge in [0, 0.05) is 0 Å². The van der Waals surface area contributed by atoms with Gasteiger partial charge >= 0.3 is 0 Å². The van der Waals surface area contributed by atoms with Gasteiger partial charge in [0.15, 0.2) is 17.7 Å². The van der Waals surface area contributed by atoms with Crippen LogP contribution >= 0.6 is 11.6 Å². The summed E-state index contributed by atoms with van der Waals surface area (Å²) in [6.07, 6.45) is -2.86. The number of rotatable bonds is 2. The van der Waals surface area contributed by atoms with Gasteiger partial charge in [-0.25, -0.2) is 4.98 Å². The van der Waals surface area contributed by atoms with Crippen LogP contribution in [0.25, 0.3) is 11.2 Å². The lowest BCUT2D eigenvalue weighted by Gasteiger charge is -2.21. The van der Waals surface area contributed by atoms with Gasteiger partial charge < -0.3 is 25.8 Å². The Morgan fingerprint density at radius 3 is 2.86 bits per heavy atom. The number of halogens is 1. The minimum Gasteiger partial charge on any atom is -0.394 e. The molecule has 0 aromatic carbocycles. The molecule has 22 heavy (non-hydrogen) atoms. The number of ether oxygens (including phenoxy) is 1. The molecule has 0 radical (unpaired) electrons. The summed E-state index contributed by atoms with van der Waals surface area (Å²) in [5.41, 5.74) is 3.81. The van der Waals surface area contributed by atoms with E-state index in [1.807, 2.05) is 0 Å². The van der Waals surface area contributed by atoms with Crippen molar-refractivity contribution < 1.29 is 20.1 Å². The number of hydrogen-bond donors (Lipinski definition) is 4. The Morgan fingerprint density at radius 2 is 2.27 bits per heavy atom. The topological polar surface area (TPSA) is 163 Å². The second-order valence-corrected chi connectivity index (χ2v) is 5.12. The molecule has 1 aliphatic rings. The number of hydrogen-bond acceptors (Lipinski definition) is 9.